The summed E-state index contributed by atoms with van der Waals surface area (Å²) in [4.78, 5) is 0. The maximum atomic E-state index is 2.65. The quantitative estimate of drug-likeness (QED) is 0.544. The minimum atomic E-state index is -0.856. The van der Waals surface area contributed by atoms with Gasteiger partial charge in [0.2, 0.25) is 0 Å². The Labute approximate surface area is 61.7 Å². The lowest BCUT2D eigenvalue weighted by molar-refractivity contribution is 1.65. The molecule has 0 unspecified atom stereocenters. The highest BCUT2D eigenvalue weighted by Crippen LogP contribution is 2.15. The second-order valence-electron chi connectivity index (χ2n) is 4.88. The minimum absolute atomic E-state index is 0.856. The molecule has 0 rings (SSSR count). The first kappa shape index (κ1) is 9.43. The van der Waals surface area contributed by atoms with Gasteiger partial charge in [-0.05, 0) is 0 Å². The summed E-state index contributed by atoms with van der Waals surface area (Å²) in [6.07, 6.45) is 0. The zero-order valence-electron chi connectivity index (χ0n) is 7.58. The molecule has 0 spiro atoms. The van der Waals surface area contributed by atoms with Gasteiger partial charge in [-0.1, -0.05) is 44.9 Å². The van der Waals surface area contributed by atoms with Crippen LogP contribution in [-0.2, 0) is 0 Å². The van der Waals surface area contributed by atoms with Crippen LogP contribution in [0.3, 0.4) is 0 Å². The molecule has 0 saturated carbocycles. The molecule has 0 aromatic carbocycles. The largest absolute Gasteiger partial charge is 0.0696 e. The van der Waals surface area contributed by atoms with E-state index in [0.29, 0.717) is 0 Å². The molecule has 0 heterocycles. The predicted octanol–water partition coefficient (Wildman–Crippen LogP) is 2.95. The minimum Gasteiger partial charge on any atom is -0.0696 e. The SMILES string of the molecule is C[Si](C)(C)[CH][Si](C)(C)C. The Hall–Kier alpha value is 0.434. The third-order valence-electron chi connectivity index (χ3n) is 0.866. The molecule has 1 radical (unpaired) electrons. The number of hydrogen-bond donors (Lipinski definition) is 0. The summed E-state index contributed by atoms with van der Waals surface area (Å²) in [6, 6.07) is 0. The first-order valence-electron chi connectivity index (χ1n) is 3.58. The van der Waals surface area contributed by atoms with Crippen LogP contribution in [0.1, 0.15) is 0 Å². The molecule has 0 amide bonds. The van der Waals surface area contributed by atoms with Gasteiger partial charge < -0.3 is 0 Å². The van der Waals surface area contributed by atoms with Crippen LogP contribution >= 0.6 is 0 Å². The molecule has 0 aromatic heterocycles. The van der Waals surface area contributed by atoms with Gasteiger partial charge in [0.05, 0.1) is 0 Å². The highest BCUT2D eigenvalue weighted by Gasteiger charge is 2.23. The van der Waals surface area contributed by atoms with Crippen LogP contribution in [0.2, 0.25) is 39.3 Å². The molecule has 9 heavy (non-hydrogen) atoms. The molecule has 55 valence electrons. The molecule has 0 bridgehead atoms. The van der Waals surface area contributed by atoms with Crippen LogP contribution in [0.4, 0.5) is 0 Å². The van der Waals surface area contributed by atoms with E-state index in [-0.39, 0.29) is 0 Å². The molecule has 0 aliphatic carbocycles. The fraction of sp³-hybridized carbons (Fsp3) is 0.857. The Balaban J connectivity index is 3.75. The molecule has 0 aliphatic heterocycles. The standard InChI is InChI=1S/C7H19Si2/c1-8(2,3)7-9(4,5)6/h7H,1-6H3. The normalized spacial score (nSPS) is 14.0. The van der Waals surface area contributed by atoms with Gasteiger partial charge in [-0.2, -0.15) is 0 Å². The smallest absolute Gasteiger partial charge is 0.0444 e. The van der Waals surface area contributed by atoms with Crippen molar-refractivity contribution in [2.75, 3.05) is 0 Å². The molecule has 0 nitrogen and oxygen atoms in total. The Morgan fingerprint density at radius 3 is 0.889 bits per heavy atom. The fourth-order valence-corrected chi connectivity index (χ4v) is 11.7. The molecule has 0 saturated heterocycles. The first-order chi connectivity index (χ1) is 3.71. The van der Waals surface area contributed by atoms with Gasteiger partial charge >= 0.3 is 0 Å². The van der Waals surface area contributed by atoms with Crippen molar-refractivity contribution < 1.29 is 0 Å². The highest BCUT2D eigenvalue weighted by molar-refractivity contribution is 6.99. The van der Waals surface area contributed by atoms with E-state index in [1.165, 1.54) is 0 Å². The summed E-state index contributed by atoms with van der Waals surface area (Å²) >= 11 is 0. The Bertz CT molecular complexity index is 72.1. The maximum absolute atomic E-state index is 2.65. The maximum Gasteiger partial charge on any atom is 0.0444 e. The molecule has 0 fully saturated rings. The van der Waals surface area contributed by atoms with Crippen LogP contribution in [0.15, 0.2) is 0 Å². The average Bonchev–Trinajstić information content (AvgIpc) is 1.14. The van der Waals surface area contributed by atoms with Crippen LogP contribution in [0.25, 0.3) is 0 Å². The third kappa shape index (κ3) is 8.43. The Kier molecular flexibility index (Phi) is 2.71. The van der Waals surface area contributed by atoms with E-state index in [2.05, 4.69) is 44.9 Å². The van der Waals surface area contributed by atoms with Crippen molar-refractivity contribution in [3.05, 3.63) is 5.67 Å². The lowest BCUT2D eigenvalue weighted by Crippen LogP contribution is -2.36. The fourth-order valence-electron chi connectivity index (χ4n) is 1.30. The van der Waals surface area contributed by atoms with Gasteiger partial charge in [0.25, 0.3) is 0 Å². The molecule has 2 heteroatoms. The lowest BCUT2D eigenvalue weighted by Gasteiger charge is -2.24. The second kappa shape index (κ2) is 2.58. The van der Waals surface area contributed by atoms with E-state index >= 15 is 0 Å². The van der Waals surface area contributed by atoms with Gasteiger partial charge in [-0.25, -0.2) is 0 Å². The van der Waals surface area contributed by atoms with E-state index in [0.717, 1.165) is 0 Å². The number of rotatable bonds is 2. The van der Waals surface area contributed by atoms with Crippen molar-refractivity contribution in [1.82, 2.24) is 0 Å². The summed E-state index contributed by atoms with van der Waals surface area (Å²) in [5, 5.41) is 0. The number of hydrogen-bond acceptors (Lipinski definition) is 0. The van der Waals surface area contributed by atoms with Crippen molar-refractivity contribution in [2.24, 2.45) is 0 Å². The zero-order chi connectivity index (χ0) is 7.71. The topological polar surface area (TPSA) is 0 Å². The van der Waals surface area contributed by atoms with Crippen LogP contribution in [0.5, 0.6) is 0 Å². The Morgan fingerprint density at radius 1 is 0.667 bits per heavy atom. The monoisotopic (exact) mass is 159 g/mol. The summed E-state index contributed by atoms with van der Waals surface area (Å²) in [5.41, 5.74) is 2.65. The third-order valence-corrected chi connectivity index (χ3v) is 7.79. The van der Waals surface area contributed by atoms with E-state index in [9.17, 15) is 0 Å². The zero-order valence-corrected chi connectivity index (χ0v) is 9.58. The second-order valence-corrected chi connectivity index (χ2v) is 15.5. The summed E-state index contributed by atoms with van der Waals surface area (Å²) in [6.45, 7) is 14.4. The Morgan fingerprint density at radius 2 is 0.889 bits per heavy atom. The van der Waals surface area contributed by atoms with Crippen molar-refractivity contribution in [3.63, 3.8) is 0 Å². The van der Waals surface area contributed by atoms with E-state index < -0.39 is 16.1 Å². The summed E-state index contributed by atoms with van der Waals surface area (Å²) in [5.74, 6) is 0. The summed E-state index contributed by atoms with van der Waals surface area (Å²) in [7, 11) is -1.71. The molecule has 0 N–H and O–H groups in total. The predicted molar refractivity (Wildman–Crippen MR) is 51.0 cm³/mol. The van der Waals surface area contributed by atoms with Crippen molar-refractivity contribution in [1.29, 1.82) is 0 Å². The summed E-state index contributed by atoms with van der Waals surface area (Å²) < 4.78 is 0. The van der Waals surface area contributed by atoms with Crippen LogP contribution in [0, 0.1) is 5.67 Å². The van der Waals surface area contributed by atoms with E-state index in [4.69, 9.17) is 0 Å². The average molecular weight is 159 g/mol. The van der Waals surface area contributed by atoms with E-state index in [1.54, 1.807) is 0 Å². The van der Waals surface area contributed by atoms with Crippen LogP contribution < -0.4 is 0 Å². The molecule has 0 aromatic rings. The molecular formula is C7H19Si2. The lowest BCUT2D eigenvalue weighted by atomic mass is 11.7. The van der Waals surface area contributed by atoms with Crippen molar-refractivity contribution in [2.45, 2.75) is 39.3 Å². The van der Waals surface area contributed by atoms with Gasteiger partial charge in [0.15, 0.2) is 0 Å². The van der Waals surface area contributed by atoms with Crippen LogP contribution in [-0.4, -0.2) is 16.1 Å². The van der Waals surface area contributed by atoms with Crippen molar-refractivity contribution >= 4 is 16.1 Å². The molecular weight excluding hydrogens is 140 g/mol. The molecule has 0 aliphatic rings. The van der Waals surface area contributed by atoms with Crippen molar-refractivity contribution in [3.8, 4) is 0 Å². The van der Waals surface area contributed by atoms with Gasteiger partial charge in [-0.15, -0.1) is 0 Å². The first-order valence-corrected chi connectivity index (χ1v) is 10.7. The van der Waals surface area contributed by atoms with Gasteiger partial charge in [0, 0.05) is 16.1 Å². The van der Waals surface area contributed by atoms with Gasteiger partial charge in [0.1, 0.15) is 0 Å². The van der Waals surface area contributed by atoms with Gasteiger partial charge in [-0.3, -0.25) is 0 Å². The highest BCUT2D eigenvalue weighted by atomic mass is 28.4. The molecule has 0 atom stereocenters. The van der Waals surface area contributed by atoms with E-state index in [1.807, 2.05) is 0 Å².